The fraction of sp³-hybridized carbons (Fsp3) is 0.346. The van der Waals surface area contributed by atoms with Gasteiger partial charge in [0.15, 0.2) is 0 Å². The zero-order valence-corrected chi connectivity index (χ0v) is 19.5. The number of nitrogens with zero attached hydrogens (tertiary/aromatic N) is 4. The van der Waals surface area contributed by atoms with E-state index in [2.05, 4.69) is 15.1 Å². The molecule has 2 aliphatic heterocycles. The number of halogens is 1. The summed E-state index contributed by atoms with van der Waals surface area (Å²) < 4.78 is 18.5. The average molecular weight is 478 g/mol. The highest BCUT2D eigenvalue weighted by Crippen LogP contribution is 2.25. The Kier molecular flexibility index (Phi) is 6.87. The Morgan fingerprint density at radius 3 is 2.40 bits per heavy atom. The summed E-state index contributed by atoms with van der Waals surface area (Å²) in [6.45, 7) is 5.32. The molecule has 0 atom stereocenters. The van der Waals surface area contributed by atoms with E-state index < -0.39 is 0 Å². The fourth-order valence-electron chi connectivity index (χ4n) is 4.51. The summed E-state index contributed by atoms with van der Waals surface area (Å²) in [5.41, 5.74) is 2.03. The Morgan fingerprint density at radius 2 is 1.66 bits per heavy atom. The molecule has 1 N–H and O–H groups in total. The maximum Gasteiger partial charge on any atom is 0.254 e. The summed E-state index contributed by atoms with van der Waals surface area (Å²) in [5, 5.41) is 3.66. The first-order chi connectivity index (χ1) is 17.1. The zero-order chi connectivity index (χ0) is 24.2. The lowest BCUT2D eigenvalue weighted by Gasteiger charge is -2.35. The third-order valence-corrected chi connectivity index (χ3v) is 6.42. The summed E-state index contributed by atoms with van der Waals surface area (Å²) in [6.07, 6.45) is 0. The van der Waals surface area contributed by atoms with Gasteiger partial charge >= 0.3 is 0 Å². The molecule has 2 saturated heterocycles. The van der Waals surface area contributed by atoms with E-state index >= 15 is 0 Å². The molecule has 2 fully saturated rings. The Bertz CT molecular complexity index is 1210. The number of nitrogens with one attached hydrogen (secondary N) is 1. The highest BCUT2D eigenvalue weighted by atomic mass is 19.1. The molecule has 0 spiro atoms. The molecule has 2 amide bonds. The number of anilines is 2. The number of amides is 2. The van der Waals surface area contributed by atoms with Gasteiger partial charge in [-0.25, -0.2) is 9.37 Å². The van der Waals surface area contributed by atoms with Crippen LogP contribution in [0.4, 0.5) is 15.9 Å². The SMILES string of the molecule is O=C(CN1CCN(c2cc(C(=O)N3CCOCC3)c3ccccc3n2)CC1)Nc1ccc(F)cc1. The lowest BCUT2D eigenvalue weighted by Crippen LogP contribution is -2.49. The van der Waals surface area contributed by atoms with Crippen LogP contribution in [0.5, 0.6) is 0 Å². The van der Waals surface area contributed by atoms with Crippen LogP contribution in [-0.4, -0.2) is 85.6 Å². The molecule has 3 aromatic rings. The van der Waals surface area contributed by atoms with Crippen LogP contribution in [0.1, 0.15) is 10.4 Å². The van der Waals surface area contributed by atoms with E-state index in [-0.39, 0.29) is 24.2 Å². The van der Waals surface area contributed by atoms with Crippen molar-refractivity contribution < 1.29 is 18.7 Å². The second-order valence-electron chi connectivity index (χ2n) is 8.77. The van der Waals surface area contributed by atoms with Gasteiger partial charge in [-0.1, -0.05) is 18.2 Å². The highest BCUT2D eigenvalue weighted by molar-refractivity contribution is 6.07. The molecule has 35 heavy (non-hydrogen) atoms. The number of benzene rings is 2. The van der Waals surface area contributed by atoms with Crippen LogP contribution in [0.25, 0.3) is 10.9 Å². The van der Waals surface area contributed by atoms with Crippen LogP contribution < -0.4 is 10.2 Å². The van der Waals surface area contributed by atoms with Gasteiger partial charge in [-0.15, -0.1) is 0 Å². The predicted octanol–water partition coefficient (Wildman–Crippen LogP) is 2.61. The van der Waals surface area contributed by atoms with Crippen molar-refractivity contribution in [2.75, 3.05) is 69.2 Å². The zero-order valence-electron chi connectivity index (χ0n) is 19.5. The number of piperazine rings is 1. The van der Waals surface area contributed by atoms with Gasteiger partial charge in [0.1, 0.15) is 11.6 Å². The summed E-state index contributed by atoms with van der Waals surface area (Å²) in [4.78, 5) is 36.7. The maximum atomic E-state index is 13.3. The molecule has 5 rings (SSSR count). The van der Waals surface area contributed by atoms with Gasteiger partial charge in [-0.3, -0.25) is 14.5 Å². The normalized spacial score (nSPS) is 16.9. The number of carbonyl (C=O) groups is 2. The van der Waals surface area contributed by atoms with Crippen LogP contribution in [0.2, 0.25) is 0 Å². The van der Waals surface area contributed by atoms with Gasteiger partial charge in [-0.05, 0) is 36.4 Å². The minimum Gasteiger partial charge on any atom is -0.378 e. The molecular weight excluding hydrogens is 449 g/mol. The molecule has 0 bridgehead atoms. The second-order valence-corrected chi connectivity index (χ2v) is 8.77. The number of pyridine rings is 1. The molecule has 2 aliphatic rings. The molecule has 0 radical (unpaired) electrons. The number of fused-ring (bicyclic) bond motifs is 1. The Balaban J connectivity index is 1.26. The second kappa shape index (κ2) is 10.4. The first-order valence-electron chi connectivity index (χ1n) is 11.9. The van der Waals surface area contributed by atoms with E-state index in [1.807, 2.05) is 35.2 Å². The number of para-hydroxylation sites is 1. The lowest BCUT2D eigenvalue weighted by atomic mass is 10.1. The van der Waals surface area contributed by atoms with Crippen LogP contribution in [0, 0.1) is 5.82 Å². The summed E-state index contributed by atoms with van der Waals surface area (Å²) in [5.74, 6) is 0.309. The standard InChI is InChI=1S/C26H28FN5O3/c27-19-5-7-20(8-6-19)28-25(33)18-30-9-11-31(12-10-30)24-17-22(21-3-1-2-4-23(21)29-24)26(34)32-13-15-35-16-14-32/h1-8,17H,9-16,18H2,(H,28,33). The number of ether oxygens (including phenoxy) is 1. The largest absolute Gasteiger partial charge is 0.378 e. The van der Waals surface area contributed by atoms with Crippen molar-refractivity contribution in [2.24, 2.45) is 0 Å². The van der Waals surface area contributed by atoms with Gasteiger partial charge in [0.25, 0.3) is 5.91 Å². The molecule has 8 nitrogen and oxygen atoms in total. The first-order valence-corrected chi connectivity index (χ1v) is 11.9. The van der Waals surface area contributed by atoms with Crippen LogP contribution in [0.15, 0.2) is 54.6 Å². The number of carbonyl (C=O) groups excluding carboxylic acids is 2. The quantitative estimate of drug-likeness (QED) is 0.609. The monoisotopic (exact) mass is 477 g/mol. The minimum atomic E-state index is -0.337. The van der Waals surface area contributed by atoms with Gasteiger partial charge < -0.3 is 19.9 Å². The van der Waals surface area contributed by atoms with Crippen molar-refractivity contribution in [3.05, 3.63) is 66.0 Å². The minimum absolute atomic E-state index is 0.00394. The fourth-order valence-corrected chi connectivity index (χ4v) is 4.51. The summed E-state index contributed by atoms with van der Waals surface area (Å²) in [6, 6.07) is 15.4. The number of aromatic nitrogens is 1. The van der Waals surface area contributed by atoms with E-state index in [9.17, 15) is 14.0 Å². The summed E-state index contributed by atoms with van der Waals surface area (Å²) in [7, 11) is 0. The third-order valence-electron chi connectivity index (χ3n) is 6.42. The van der Waals surface area contributed by atoms with Gasteiger partial charge in [-0.2, -0.15) is 0 Å². The highest BCUT2D eigenvalue weighted by Gasteiger charge is 2.25. The number of rotatable bonds is 5. The van der Waals surface area contributed by atoms with Gasteiger partial charge in [0, 0.05) is 50.3 Å². The molecule has 2 aromatic carbocycles. The number of hydrogen-bond acceptors (Lipinski definition) is 6. The van der Waals surface area contributed by atoms with Gasteiger partial charge in [0.2, 0.25) is 5.91 Å². The van der Waals surface area contributed by atoms with E-state index in [0.29, 0.717) is 63.7 Å². The molecule has 0 saturated carbocycles. The van der Waals surface area contributed by atoms with E-state index in [1.54, 1.807) is 12.1 Å². The van der Waals surface area contributed by atoms with E-state index in [1.165, 1.54) is 12.1 Å². The van der Waals surface area contributed by atoms with Crippen molar-refractivity contribution >= 4 is 34.2 Å². The third kappa shape index (κ3) is 5.41. The van der Waals surface area contributed by atoms with Crippen LogP contribution in [0.3, 0.4) is 0 Å². The number of hydrogen-bond donors (Lipinski definition) is 1. The van der Waals surface area contributed by atoms with Crippen molar-refractivity contribution in [3.8, 4) is 0 Å². The van der Waals surface area contributed by atoms with E-state index in [0.717, 1.165) is 16.7 Å². The Hall–Kier alpha value is -3.56. The molecule has 0 unspecified atom stereocenters. The Morgan fingerprint density at radius 1 is 0.943 bits per heavy atom. The average Bonchev–Trinajstić information content (AvgIpc) is 2.90. The van der Waals surface area contributed by atoms with Crippen LogP contribution >= 0.6 is 0 Å². The van der Waals surface area contributed by atoms with Gasteiger partial charge in [0.05, 0.1) is 30.8 Å². The lowest BCUT2D eigenvalue weighted by molar-refractivity contribution is -0.117. The molecule has 0 aliphatic carbocycles. The first kappa shape index (κ1) is 23.2. The van der Waals surface area contributed by atoms with Crippen molar-refractivity contribution in [1.82, 2.24) is 14.8 Å². The molecule has 1 aromatic heterocycles. The van der Waals surface area contributed by atoms with Crippen molar-refractivity contribution in [3.63, 3.8) is 0 Å². The molecular formula is C26H28FN5O3. The predicted molar refractivity (Wildman–Crippen MR) is 132 cm³/mol. The Labute approximate surface area is 203 Å². The van der Waals surface area contributed by atoms with Crippen LogP contribution in [-0.2, 0) is 9.53 Å². The molecule has 3 heterocycles. The van der Waals surface area contributed by atoms with Crippen molar-refractivity contribution in [1.29, 1.82) is 0 Å². The molecule has 9 heteroatoms. The summed E-state index contributed by atoms with van der Waals surface area (Å²) >= 11 is 0. The van der Waals surface area contributed by atoms with Crippen molar-refractivity contribution in [2.45, 2.75) is 0 Å². The number of morpholine rings is 1. The smallest absolute Gasteiger partial charge is 0.254 e. The molecule has 182 valence electrons. The topological polar surface area (TPSA) is 78.0 Å². The van der Waals surface area contributed by atoms with E-state index in [4.69, 9.17) is 9.72 Å². The maximum absolute atomic E-state index is 13.3.